The zero-order chi connectivity index (χ0) is 21.4. The van der Waals surface area contributed by atoms with E-state index in [-0.39, 0.29) is 24.4 Å². The molecule has 2 aliphatic rings. The third-order valence-corrected chi connectivity index (χ3v) is 6.28. The number of fused-ring (bicyclic) bond motifs is 2. The number of hydrogen-bond acceptors (Lipinski definition) is 6. The van der Waals surface area contributed by atoms with E-state index in [2.05, 4.69) is 15.6 Å². The number of benzene rings is 2. The normalized spacial score (nSPS) is 16.5. The quantitative estimate of drug-likeness (QED) is 0.632. The molecule has 5 rings (SSSR count). The molecule has 9 heteroatoms. The molecule has 2 heterocycles. The van der Waals surface area contributed by atoms with E-state index in [1.165, 1.54) is 35.6 Å². The summed E-state index contributed by atoms with van der Waals surface area (Å²) in [4.78, 5) is 31.0. The third-order valence-electron chi connectivity index (χ3n) is 5.24. The lowest BCUT2D eigenvalue weighted by Gasteiger charge is -2.20. The highest BCUT2D eigenvalue weighted by molar-refractivity contribution is 7.16. The number of aromatic nitrogens is 1. The molecule has 158 valence electrons. The van der Waals surface area contributed by atoms with Gasteiger partial charge in [0.15, 0.2) is 16.6 Å². The Balaban J connectivity index is 1.32. The molecule has 0 saturated carbocycles. The average molecular weight is 439 g/mol. The monoisotopic (exact) mass is 439 g/mol. The van der Waals surface area contributed by atoms with Crippen LogP contribution >= 0.6 is 11.3 Å². The average Bonchev–Trinajstić information content (AvgIpc) is 3.40. The van der Waals surface area contributed by atoms with Gasteiger partial charge in [0.1, 0.15) is 5.82 Å². The second kappa shape index (κ2) is 7.99. The molecule has 1 aromatic heterocycles. The first kappa shape index (κ1) is 19.5. The van der Waals surface area contributed by atoms with E-state index in [9.17, 15) is 14.0 Å². The van der Waals surface area contributed by atoms with Crippen LogP contribution in [0.25, 0.3) is 0 Å². The van der Waals surface area contributed by atoms with E-state index in [1.54, 1.807) is 18.2 Å². The molecule has 31 heavy (non-hydrogen) atoms. The van der Waals surface area contributed by atoms with E-state index < -0.39 is 5.92 Å². The van der Waals surface area contributed by atoms with Crippen molar-refractivity contribution < 1.29 is 23.5 Å². The van der Waals surface area contributed by atoms with E-state index >= 15 is 0 Å². The van der Waals surface area contributed by atoms with Gasteiger partial charge < -0.3 is 14.8 Å². The Hall–Kier alpha value is -3.46. The van der Waals surface area contributed by atoms with Crippen LogP contribution in [0.4, 0.5) is 15.2 Å². The fourth-order valence-corrected chi connectivity index (χ4v) is 4.76. The first-order chi connectivity index (χ1) is 15.1. The molecule has 2 aromatic carbocycles. The fraction of sp³-hybridized carbons (Fsp3) is 0.227. The van der Waals surface area contributed by atoms with Crippen LogP contribution in [0.2, 0.25) is 0 Å². The van der Waals surface area contributed by atoms with Crippen molar-refractivity contribution in [3.63, 3.8) is 0 Å². The van der Waals surface area contributed by atoms with Gasteiger partial charge >= 0.3 is 0 Å². The van der Waals surface area contributed by atoms with Gasteiger partial charge in [0.25, 0.3) is 5.91 Å². The Labute approximate surface area is 181 Å². The van der Waals surface area contributed by atoms with Crippen LogP contribution in [0.3, 0.4) is 0 Å². The van der Waals surface area contributed by atoms with Crippen molar-refractivity contribution in [3.8, 4) is 11.5 Å². The summed E-state index contributed by atoms with van der Waals surface area (Å²) >= 11 is 1.38. The number of carbonyl (C=O) groups is 2. The van der Waals surface area contributed by atoms with Gasteiger partial charge in [-0.15, -0.1) is 11.3 Å². The van der Waals surface area contributed by atoms with Gasteiger partial charge in [0.05, 0.1) is 11.6 Å². The lowest BCUT2D eigenvalue weighted by molar-refractivity contribution is -0.117. The highest BCUT2D eigenvalue weighted by Gasteiger charge is 2.31. The van der Waals surface area contributed by atoms with Gasteiger partial charge in [-0.25, -0.2) is 9.37 Å². The van der Waals surface area contributed by atoms with Crippen molar-refractivity contribution in [3.05, 3.63) is 64.4 Å². The van der Waals surface area contributed by atoms with Gasteiger partial charge in [0, 0.05) is 16.1 Å². The molecule has 3 aromatic rings. The molecule has 0 fully saturated rings. The molecule has 2 N–H and O–H groups in total. The summed E-state index contributed by atoms with van der Waals surface area (Å²) in [5.41, 5.74) is 1.66. The molecule has 1 unspecified atom stereocenters. The van der Waals surface area contributed by atoms with Crippen molar-refractivity contribution in [1.29, 1.82) is 0 Å². The molecule has 0 saturated heterocycles. The number of anilines is 2. The van der Waals surface area contributed by atoms with E-state index in [0.717, 1.165) is 17.7 Å². The number of hydrogen-bond donors (Lipinski definition) is 2. The topological polar surface area (TPSA) is 89.6 Å². The summed E-state index contributed by atoms with van der Waals surface area (Å²) in [6, 6.07) is 10.6. The van der Waals surface area contributed by atoms with Gasteiger partial charge in [0.2, 0.25) is 12.7 Å². The number of nitrogens with one attached hydrogen (secondary N) is 2. The molecule has 1 atom stereocenters. The maximum Gasteiger partial charge on any atom is 0.257 e. The molecule has 7 nitrogen and oxygen atoms in total. The predicted octanol–water partition coefficient (Wildman–Crippen LogP) is 4.32. The van der Waals surface area contributed by atoms with Gasteiger partial charge in [-0.3, -0.25) is 14.9 Å². The number of ether oxygens (including phenoxy) is 2. The number of aryl methyl sites for hydroxylation is 1. The largest absolute Gasteiger partial charge is 0.454 e. The third kappa shape index (κ3) is 3.96. The van der Waals surface area contributed by atoms with E-state index in [4.69, 9.17) is 9.47 Å². The molecular weight excluding hydrogens is 421 g/mol. The van der Waals surface area contributed by atoms with Crippen LogP contribution in [0, 0.1) is 5.82 Å². The Kier molecular flexibility index (Phi) is 5.03. The molecular formula is C22H18FN3O4S. The number of nitrogens with zero attached hydrogens (tertiary/aromatic N) is 1. The summed E-state index contributed by atoms with van der Waals surface area (Å²) in [7, 11) is 0. The second-order valence-corrected chi connectivity index (χ2v) is 8.37. The Morgan fingerprint density at radius 1 is 1.06 bits per heavy atom. The van der Waals surface area contributed by atoms with Gasteiger partial charge in [-0.2, -0.15) is 0 Å². The van der Waals surface area contributed by atoms with Crippen molar-refractivity contribution >= 4 is 34.0 Å². The summed E-state index contributed by atoms with van der Waals surface area (Å²) in [5, 5.41) is 6.10. The smallest absolute Gasteiger partial charge is 0.257 e. The maximum atomic E-state index is 13.1. The summed E-state index contributed by atoms with van der Waals surface area (Å²) in [5.74, 6) is -0.135. The minimum atomic E-state index is -0.416. The first-order valence-electron chi connectivity index (χ1n) is 9.84. The van der Waals surface area contributed by atoms with Crippen LogP contribution in [0.15, 0.2) is 42.5 Å². The highest BCUT2D eigenvalue weighted by Crippen LogP contribution is 2.38. The predicted molar refractivity (Wildman–Crippen MR) is 113 cm³/mol. The van der Waals surface area contributed by atoms with Crippen molar-refractivity contribution in [2.45, 2.75) is 25.2 Å². The minimum Gasteiger partial charge on any atom is -0.454 e. The molecule has 0 radical (unpaired) electrons. The number of carbonyl (C=O) groups excluding carboxylic acids is 2. The zero-order valence-corrected chi connectivity index (χ0v) is 17.1. The summed E-state index contributed by atoms with van der Waals surface area (Å²) in [6.45, 7) is 0.140. The zero-order valence-electron chi connectivity index (χ0n) is 16.3. The van der Waals surface area contributed by atoms with Gasteiger partial charge in [-0.1, -0.05) is 0 Å². The molecule has 1 aliphatic heterocycles. The Morgan fingerprint density at radius 3 is 2.71 bits per heavy atom. The van der Waals surface area contributed by atoms with Crippen LogP contribution in [-0.4, -0.2) is 23.6 Å². The van der Waals surface area contributed by atoms with Crippen molar-refractivity contribution in [1.82, 2.24) is 4.98 Å². The van der Waals surface area contributed by atoms with E-state index in [0.29, 0.717) is 40.0 Å². The van der Waals surface area contributed by atoms with E-state index in [1.807, 2.05) is 0 Å². The summed E-state index contributed by atoms with van der Waals surface area (Å²) < 4.78 is 23.7. The van der Waals surface area contributed by atoms with Crippen LogP contribution in [0.5, 0.6) is 11.5 Å². The van der Waals surface area contributed by atoms with Crippen molar-refractivity contribution in [2.24, 2.45) is 0 Å². The SMILES string of the molecule is O=C(Nc1nc2c(s1)CCCC2C(=O)Nc1ccc(F)cc1)c1ccc2c(c1)OCO2. The second-order valence-electron chi connectivity index (χ2n) is 7.29. The number of halogens is 1. The molecule has 0 bridgehead atoms. The number of rotatable bonds is 4. The van der Waals surface area contributed by atoms with Crippen LogP contribution in [0.1, 0.15) is 39.7 Å². The highest BCUT2D eigenvalue weighted by atomic mass is 32.1. The standard InChI is InChI=1S/C22H18FN3O4S/c23-13-5-7-14(8-6-13)24-21(28)15-2-1-3-18-19(15)25-22(31-18)26-20(27)12-4-9-16-17(10-12)30-11-29-16/h4-10,15H,1-3,11H2,(H,24,28)(H,25,26,27). The molecule has 2 amide bonds. The Morgan fingerprint density at radius 2 is 1.87 bits per heavy atom. The Bertz CT molecular complexity index is 1160. The maximum absolute atomic E-state index is 13.1. The van der Waals surface area contributed by atoms with Gasteiger partial charge in [-0.05, 0) is 61.7 Å². The molecule has 1 aliphatic carbocycles. The van der Waals surface area contributed by atoms with Crippen LogP contribution < -0.4 is 20.1 Å². The van der Waals surface area contributed by atoms with Crippen LogP contribution in [-0.2, 0) is 11.2 Å². The lowest BCUT2D eigenvalue weighted by atomic mass is 9.90. The fourth-order valence-electron chi connectivity index (χ4n) is 3.70. The number of thiazole rings is 1. The molecule has 0 spiro atoms. The summed E-state index contributed by atoms with van der Waals surface area (Å²) in [6.07, 6.45) is 2.33. The van der Waals surface area contributed by atoms with Crippen molar-refractivity contribution in [2.75, 3.05) is 17.4 Å². The lowest BCUT2D eigenvalue weighted by Crippen LogP contribution is -2.24. The first-order valence-corrected chi connectivity index (χ1v) is 10.7. The minimum absolute atomic E-state index is 0.140. The number of amides is 2.